The molecule has 6 heteroatoms. The molecule has 0 spiro atoms. The van der Waals surface area contributed by atoms with Crippen LogP contribution in [0.3, 0.4) is 0 Å². The van der Waals surface area contributed by atoms with Crippen molar-refractivity contribution in [2.75, 3.05) is 33.8 Å². The van der Waals surface area contributed by atoms with Gasteiger partial charge in [0.2, 0.25) is 0 Å². The van der Waals surface area contributed by atoms with Gasteiger partial charge in [0, 0.05) is 43.2 Å². The van der Waals surface area contributed by atoms with Crippen LogP contribution in [-0.4, -0.2) is 54.5 Å². The van der Waals surface area contributed by atoms with E-state index in [0.717, 1.165) is 36.3 Å². The average molecular weight is 424 g/mol. The van der Waals surface area contributed by atoms with E-state index in [2.05, 4.69) is 29.1 Å². The zero-order chi connectivity index (χ0) is 20.0. The molecule has 30 heavy (non-hydrogen) atoms. The first-order chi connectivity index (χ1) is 14.2. The molecule has 1 aromatic heterocycles. The number of fused-ring (bicyclic) bond motifs is 2. The average Bonchev–Trinajstić information content (AvgIpc) is 3.29. The molecule has 156 valence electrons. The summed E-state index contributed by atoms with van der Waals surface area (Å²) in [5, 5.41) is 1.01. The van der Waals surface area contributed by atoms with E-state index in [9.17, 15) is 4.79 Å². The molecule has 0 radical (unpaired) electrons. The number of likely N-dealkylation sites (tertiary alicyclic amines) is 2. The number of carbonyl (C=O) groups excluding carboxylic acids is 1. The summed E-state index contributed by atoms with van der Waals surface area (Å²) < 4.78 is 5.31. The van der Waals surface area contributed by atoms with Gasteiger partial charge in [0.15, 0.2) is 0 Å². The summed E-state index contributed by atoms with van der Waals surface area (Å²) in [6.07, 6.45) is 1.76. The van der Waals surface area contributed by atoms with Crippen molar-refractivity contribution in [1.29, 1.82) is 0 Å². The van der Waals surface area contributed by atoms with Gasteiger partial charge in [-0.15, -0.1) is 12.4 Å². The first-order valence-corrected chi connectivity index (χ1v) is 10.1. The van der Waals surface area contributed by atoms with Crippen molar-refractivity contribution in [3.63, 3.8) is 0 Å². The molecule has 2 aliphatic heterocycles. The number of halogens is 1. The van der Waals surface area contributed by atoms with Crippen LogP contribution in [0.25, 0.3) is 10.9 Å². The summed E-state index contributed by atoms with van der Waals surface area (Å²) in [5.74, 6) is 1.91. The number of para-hydroxylation sites is 1. The molecular weight excluding hydrogens is 398 g/mol. The summed E-state index contributed by atoms with van der Waals surface area (Å²) in [7, 11) is 3.88. The summed E-state index contributed by atoms with van der Waals surface area (Å²) in [6.45, 7) is 2.61. The summed E-state index contributed by atoms with van der Waals surface area (Å²) in [5.41, 5.74) is 2.79. The Kier molecular flexibility index (Phi) is 5.67. The molecule has 3 atom stereocenters. The van der Waals surface area contributed by atoms with Crippen LogP contribution in [0.5, 0.6) is 5.75 Å². The zero-order valence-electron chi connectivity index (χ0n) is 17.2. The molecule has 2 fully saturated rings. The molecule has 2 saturated heterocycles. The number of ether oxygens (including phenoxy) is 1. The number of methoxy groups -OCH3 is 1. The van der Waals surface area contributed by atoms with Gasteiger partial charge in [0.05, 0.1) is 18.2 Å². The third-order valence-corrected chi connectivity index (χ3v) is 6.50. The minimum atomic E-state index is 0. The first-order valence-electron chi connectivity index (χ1n) is 10.1. The van der Waals surface area contributed by atoms with Crippen LogP contribution in [0.4, 0.5) is 0 Å². The Morgan fingerprint density at radius 2 is 1.80 bits per heavy atom. The van der Waals surface area contributed by atoms with Crippen LogP contribution in [0.2, 0.25) is 0 Å². The molecule has 0 bridgehead atoms. The van der Waals surface area contributed by atoms with Gasteiger partial charge in [-0.2, -0.15) is 0 Å². The summed E-state index contributed by atoms with van der Waals surface area (Å²) in [6, 6.07) is 18.5. The monoisotopic (exact) mass is 423 g/mol. The lowest BCUT2D eigenvalue weighted by atomic mass is 9.89. The Labute approximate surface area is 183 Å². The molecular formula is C24H26ClN3O2. The molecule has 0 aliphatic carbocycles. The Morgan fingerprint density at radius 1 is 1.03 bits per heavy atom. The van der Waals surface area contributed by atoms with Crippen LogP contribution in [-0.2, 0) is 0 Å². The summed E-state index contributed by atoms with van der Waals surface area (Å²) in [4.78, 5) is 22.3. The molecule has 0 unspecified atom stereocenters. The number of hydrogen-bond donors (Lipinski definition) is 0. The topological polar surface area (TPSA) is 45.7 Å². The maximum atomic E-state index is 13.4. The Morgan fingerprint density at radius 3 is 2.57 bits per heavy atom. The Balaban J connectivity index is 0.00000218. The van der Waals surface area contributed by atoms with E-state index in [0.29, 0.717) is 23.4 Å². The van der Waals surface area contributed by atoms with Crippen LogP contribution in [0, 0.1) is 11.8 Å². The van der Waals surface area contributed by atoms with Crippen molar-refractivity contribution in [3.05, 3.63) is 71.9 Å². The number of hydrogen-bond acceptors (Lipinski definition) is 4. The van der Waals surface area contributed by atoms with Gasteiger partial charge in [-0.1, -0.05) is 30.3 Å². The van der Waals surface area contributed by atoms with Crippen molar-refractivity contribution >= 4 is 29.2 Å². The number of benzene rings is 2. The molecule has 2 aromatic carbocycles. The van der Waals surface area contributed by atoms with Crippen molar-refractivity contribution in [2.24, 2.45) is 11.8 Å². The standard InChI is InChI=1S/C24H25N3O2.ClH/c1-26-13-18-14-27(15-21(18)23(26)17-8-10-19(29-2)11-9-17)24(28)20-7-3-5-16-6-4-12-25-22(16)20;/h3-12,18,21,23H,13-15H2,1-2H3;1H/t18-,21+,23+;/m0./s1. The molecule has 5 rings (SSSR count). The molecule has 0 saturated carbocycles. The number of pyridine rings is 1. The maximum absolute atomic E-state index is 13.4. The van der Waals surface area contributed by atoms with Gasteiger partial charge in [-0.25, -0.2) is 0 Å². The minimum absolute atomic E-state index is 0. The maximum Gasteiger partial charge on any atom is 0.256 e. The van der Waals surface area contributed by atoms with Crippen molar-refractivity contribution in [3.8, 4) is 5.75 Å². The van der Waals surface area contributed by atoms with Crippen LogP contribution in [0.1, 0.15) is 22.0 Å². The normalized spacial score (nSPS) is 23.3. The predicted molar refractivity (Wildman–Crippen MR) is 120 cm³/mol. The molecule has 2 aliphatic rings. The van der Waals surface area contributed by atoms with Gasteiger partial charge < -0.3 is 9.64 Å². The van der Waals surface area contributed by atoms with Crippen molar-refractivity contribution in [1.82, 2.24) is 14.8 Å². The second-order valence-electron chi connectivity index (χ2n) is 8.17. The minimum Gasteiger partial charge on any atom is -0.497 e. The van der Waals surface area contributed by atoms with E-state index in [-0.39, 0.29) is 18.3 Å². The first kappa shape index (κ1) is 20.6. The Bertz CT molecular complexity index is 1050. The van der Waals surface area contributed by atoms with E-state index >= 15 is 0 Å². The third kappa shape index (κ3) is 3.42. The van der Waals surface area contributed by atoms with E-state index in [4.69, 9.17) is 4.74 Å². The lowest BCUT2D eigenvalue weighted by Gasteiger charge is -2.27. The zero-order valence-corrected chi connectivity index (χ0v) is 18.0. The van der Waals surface area contributed by atoms with E-state index in [1.165, 1.54) is 5.56 Å². The van der Waals surface area contributed by atoms with Gasteiger partial charge in [0.1, 0.15) is 5.75 Å². The fourth-order valence-electron chi connectivity index (χ4n) is 5.17. The predicted octanol–water partition coefficient (Wildman–Crippen LogP) is 4.04. The van der Waals surface area contributed by atoms with Gasteiger partial charge in [-0.05, 0) is 42.8 Å². The molecule has 3 heterocycles. The fourth-order valence-corrected chi connectivity index (χ4v) is 5.17. The Hall–Kier alpha value is -2.63. The second kappa shape index (κ2) is 8.25. The highest BCUT2D eigenvalue weighted by atomic mass is 35.5. The van der Waals surface area contributed by atoms with Crippen LogP contribution >= 0.6 is 12.4 Å². The van der Waals surface area contributed by atoms with Gasteiger partial charge in [0.25, 0.3) is 5.91 Å². The van der Waals surface area contributed by atoms with Crippen LogP contribution < -0.4 is 4.74 Å². The smallest absolute Gasteiger partial charge is 0.256 e. The number of carbonyl (C=O) groups is 1. The summed E-state index contributed by atoms with van der Waals surface area (Å²) >= 11 is 0. The third-order valence-electron chi connectivity index (χ3n) is 6.50. The molecule has 5 nitrogen and oxygen atoms in total. The lowest BCUT2D eigenvalue weighted by Crippen LogP contribution is -2.33. The molecule has 1 amide bonds. The number of rotatable bonds is 3. The SMILES string of the molecule is COc1ccc([C@@H]2[C@@H]3CN(C(=O)c4cccc5cccnc45)C[C@@H]3CN2C)cc1.Cl. The highest BCUT2D eigenvalue weighted by molar-refractivity contribution is 6.05. The van der Waals surface area contributed by atoms with Crippen LogP contribution in [0.15, 0.2) is 60.8 Å². The lowest BCUT2D eigenvalue weighted by molar-refractivity contribution is 0.0769. The molecule has 3 aromatic rings. The molecule has 0 N–H and O–H groups in total. The van der Waals surface area contributed by atoms with E-state index in [1.807, 2.05) is 47.4 Å². The largest absolute Gasteiger partial charge is 0.497 e. The highest BCUT2D eigenvalue weighted by Crippen LogP contribution is 2.44. The number of nitrogens with zero attached hydrogens (tertiary/aromatic N) is 3. The quantitative estimate of drug-likeness (QED) is 0.637. The van der Waals surface area contributed by atoms with E-state index in [1.54, 1.807) is 13.3 Å². The highest BCUT2D eigenvalue weighted by Gasteiger charge is 2.47. The van der Waals surface area contributed by atoms with E-state index < -0.39 is 0 Å². The van der Waals surface area contributed by atoms with Gasteiger partial charge in [-0.3, -0.25) is 14.7 Å². The fraction of sp³-hybridized carbons (Fsp3) is 0.333. The second-order valence-corrected chi connectivity index (χ2v) is 8.17. The van der Waals surface area contributed by atoms with Gasteiger partial charge >= 0.3 is 0 Å². The van der Waals surface area contributed by atoms with Crippen molar-refractivity contribution < 1.29 is 9.53 Å². The number of amides is 1. The number of aromatic nitrogens is 1. The van der Waals surface area contributed by atoms with Crippen molar-refractivity contribution in [2.45, 2.75) is 6.04 Å².